The predicted molar refractivity (Wildman–Crippen MR) is 59.0 cm³/mol. The van der Waals surface area contributed by atoms with Crippen molar-refractivity contribution < 1.29 is 5.11 Å². The fourth-order valence-corrected chi connectivity index (χ4v) is 3.14. The first kappa shape index (κ1) is 9.97. The Bertz CT molecular complexity index is 302. The SMILES string of the molecule is C/C=C\[C@]1(O)C[C@@H]2CC[C@@]1(C)C=C2C. The van der Waals surface area contributed by atoms with Crippen LogP contribution in [-0.2, 0) is 0 Å². The van der Waals surface area contributed by atoms with Crippen molar-refractivity contribution >= 4 is 0 Å². The molecule has 1 heteroatoms. The third-order valence-electron chi connectivity index (χ3n) is 4.19. The first-order valence-corrected chi connectivity index (χ1v) is 5.56. The first-order valence-electron chi connectivity index (χ1n) is 5.56. The van der Waals surface area contributed by atoms with Gasteiger partial charge in [0.2, 0.25) is 0 Å². The molecule has 0 aromatic carbocycles. The molecule has 0 aromatic rings. The molecule has 2 bridgehead atoms. The maximum absolute atomic E-state index is 10.6. The lowest BCUT2D eigenvalue weighted by atomic mass is 9.55. The zero-order valence-corrected chi connectivity index (χ0v) is 9.38. The van der Waals surface area contributed by atoms with Crippen molar-refractivity contribution in [3.8, 4) is 0 Å². The van der Waals surface area contributed by atoms with Gasteiger partial charge in [0.1, 0.15) is 0 Å². The molecule has 1 saturated carbocycles. The Balaban J connectivity index is 2.43. The molecule has 14 heavy (non-hydrogen) atoms. The molecule has 0 heterocycles. The molecule has 0 aliphatic heterocycles. The molecule has 78 valence electrons. The van der Waals surface area contributed by atoms with Crippen LogP contribution in [0.4, 0.5) is 0 Å². The van der Waals surface area contributed by atoms with Gasteiger partial charge in [0.25, 0.3) is 0 Å². The van der Waals surface area contributed by atoms with Crippen LogP contribution < -0.4 is 0 Å². The molecule has 0 saturated heterocycles. The summed E-state index contributed by atoms with van der Waals surface area (Å²) in [7, 11) is 0. The highest BCUT2D eigenvalue weighted by molar-refractivity contribution is 5.29. The van der Waals surface area contributed by atoms with Gasteiger partial charge in [-0.2, -0.15) is 0 Å². The Kier molecular flexibility index (Phi) is 2.11. The number of rotatable bonds is 1. The van der Waals surface area contributed by atoms with Crippen LogP contribution >= 0.6 is 0 Å². The largest absolute Gasteiger partial charge is 0.385 e. The minimum absolute atomic E-state index is 0.0294. The molecule has 1 N–H and O–H groups in total. The van der Waals surface area contributed by atoms with Crippen LogP contribution in [0.5, 0.6) is 0 Å². The zero-order valence-electron chi connectivity index (χ0n) is 9.38. The van der Waals surface area contributed by atoms with Crippen LogP contribution in [0.2, 0.25) is 0 Å². The third kappa shape index (κ3) is 1.18. The summed E-state index contributed by atoms with van der Waals surface area (Å²) in [5.74, 6) is 0.609. The fourth-order valence-electron chi connectivity index (χ4n) is 3.14. The molecule has 1 nitrogen and oxygen atoms in total. The summed E-state index contributed by atoms with van der Waals surface area (Å²) in [6.07, 6.45) is 9.55. The van der Waals surface area contributed by atoms with Gasteiger partial charge in [-0.25, -0.2) is 0 Å². The Morgan fingerprint density at radius 1 is 1.57 bits per heavy atom. The quantitative estimate of drug-likeness (QED) is 0.633. The minimum Gasteiger partial charge on any atom is -0.385 e. The summed E-state index contributed by atoms with van der Waals surface area (Å²) in [4.78, 5) is 0. The molecule has 3 rings (SSSR count). The van der Waals surface area contributed by atoms with E-state index in [1.165, 1.54) is 12.0 Å². The van der Waals surface area contributed by atoms with Crippen molar-refractivity contribution in [2.45, 2.75) is 45.6 Å². The van der Waals surface area contributed by atoms with Crippen LogP contribution in [0.15, 0.2) is 23.8 Å². The highest BCUT2D eigenvalue weighted by Gasteiger charge is 2.51. The van der Waals surface area contributed by atoms with E-state index in [4.69, 9.17) is 0 Å². The summed E-state index contributed by atoms with van der Waals surface area (Å²) in [5.41, 5.74) is 0.857. The molecular weight excluding hydrogens is 172 g/mol. The van der Waals surface area contributed by atoms with Gasteiger partial charge in [0.05, 0.1) is 5.60 Å². The van der Waals surface area contributed by atoms with Crippen molar-refractivity contribution in [1.29, 1.82) is 0 Å². The van der Waals surface area contributed by atoms with E-state index in [-0.39, 0.29) is 5.41 Å². The van der Waals surface area contributed by atoms with Crippen LogP contribution in [0.25, 0.3) is 0 Å². The topological polar surface area (TPSA) is 20.2 Å². The van der Waals surface area contributed by atoms with E-state index in [0.717, 1.165) is 12.8 Å². The minimum atomic E-state index is -0.593. The Morgan fingerprint density at radius 2 is 2.29 bits per heavy atom. The molecule has 0 amide bonds. The van der Waals surface area contributed by atoms with Gasteiger partial charge < -0.3 is 5.11 Å². The van der Waals surface area contributed by atoms with Crippen molar-refractivity contribution in [2.24, 2.45) is 11.3 Å². The fraction of sp³-hybridized carbons (Fsp3) is 0.692. The van der Waals surface area contributed by atoms with Gasteiger partial charge >= 0.3 is 0 Å². The molecule has 0 radical (unpaired) electrons. The third-order valence-corrected chi connectivity index (χ3v) is 4.19. The number of aliphatic hydroxyl groups is 1. The van der Waals surface area contributed by atoms with E-state index in [2.05, 4.69) is 19.9 Å². The van der Waals surface area contributed by atoms with Crippen LogP contribution in [0, 0.1) is 11.3 Å². The van der Waals surface area contributed by atoms with Crippen LogP contribution in [0.1, 0.15) is 40.0 Å². The van der Waals surface area contributed by atoms with Crippen molar-refractivity contribution in [2.75, 3.05) is 0 Å². The van der Waals surface area contributed by atoms with Gasteiger partial charge in [-0.3, -0.25) is 0 Å². The summed E-state index contributed by atoms with van der Waals surface area (Å²) >= 11 is 0. The van der Waals surface area contributed by atoms with Crippen molar-refractivity contribution in [3.63, 3.8) is 0 Å². The summed E-state index contributed by atoms with van der Waals surface area (Å²) in [5, 5.41) is 10.6. The average molecular weight is 192 g/mol. The molecule has 0 spiro atoms. The van der Waals surface area contributed by atoms with Crippen molar-refractivity contribution in [3.05, 3.63) is 23.8 Å². The molecule has 3 aliphatic rings. The van der Waals surface area contributed by atoms with Crippen LogP contribution in [0.3, 0.4) is 0 Å². The second-order valence-electron chi connectivity index (χ2n) is 5.17. The molecule has 3 atom stereocenters. The van der Waals surface area contributed by atoms with Gasteiger partial charge in [-0.05, 0) is 39.0 Å². The highest BCUT2D eigenvalue weighted by Crippen LogP contribution is 2.54. The lowest BCUT2D eigenvalue weighted by Gasteiger charge is -2.53. The maximum atomic E-state index is 10.6. The van der Waals surface area contributed by atoms with E-state index >= 15 is 0 Å². The van der Waals surface area contributed by atoms with Gasteiger partial charge in [0, 0.05) is 5.41 Å². The zero-order chi connectivity index (χ0) is 10.4. The predicted octanol–water partition coefficient (Wildman–Crippen LogP) is 3.06. The van der Waals surface area contributed by atoms with Crippen LogP contribution in [-0.4, -0.2) is 10.7 Å². The lowest BCUT2D eigenvalue weighted by molar-refractivity contribution is -0.0639. The molecular formula is C13H20O. The lowest BCUT2D eigenvalue weighted by Crippen LogP contribution is -2.52. The second kappa shape index (κ2) is 2.96. The second-order valence-corrected chi connectivity index (χ2v) is 5.17. The Labute approximate surface area is 86.5 Å². The Hall–Kier alpha value is -0.560. The average Bonchev–Trinajstić information content (AvgIpc) is 2.08. The number of fused-ring (bicyclic) bond motifs is 2. The van der Waals surface area contributed by atoms with E-state index in [1.54, 1.807) is 0 Å². The number of hydrogen-bond donors (Lipinski definition) is 1. The van der Waals surface area contributed by atoms with Gasteiger partial charge in [-0.15, -0.1) is 0 Å². The summed E-state index contributed by atoms with van der Waals surface area (Å²) in [6, 6.07) is 0. The molecule has 3 aliphatic carbocycles. The van der Waals surface area contributed by atoms with Crippen molar-refractivity contribution in [1.82, 2.24) is 0 Å². The molecule has 0 unspecified atom stereocenters. The Morgan fingerprint density at radius 3 is 2.79 bits per heavy atom. The molecule has 1 fully saturated rings. The monoisotopic (exact) mass is 192 g/mol. The number of allylic oxidation sites excluding steroid dienone is 2. The smallest absolute Gasteiger partial charge is 0.0920 e. The van der Waals surface area contributed by atoms with E-state index < -0.39 is 5.60 Å². The van der Waals surface area contributed by atoms with Gasteiger partial charge in [0.15, 0.2) is 0 Å². The van der Waals surface area contributed by atoms with Gasteiger partial charge in [-0.1, -0.05) is 30.7 Å². The van der Waals surface area contributed by atoms with E-state index in [9.17, 15) is 5.11 Å². The standard InChI is InChI=1S/C13H20O/c1-4-6-13(14)9-11-5-7-12(13,3)8-10(11)2/h4,6,8,11,14H,5,7,9H2,1-3H3/b6-4-/t11-,12-,13-/m0/s1. The normalized spacial score (nSPS) is 47.1. The summed E-state index contributed by atoms with van der Waals surface area (Å²) in [6.45, 7) is 6.38. The maximum Gasteiger partial charge on any atom is 0.0920 e. The molecule has 0 aromatic heterocycles. The van der Waals surface area contributed by atoms with E-state index in [0.29, 0.717) is 5.92 Å². The number of hydrogen-bond acceptors (Lipinski definition) is 1. The summed E-state index contributed by atoms with van der Waals surface area (Å²) < 4.78 is 0. The first-order chi connectivity index (χ1) is 6.51. The van der Waals surface area contributed by atoms with E-state index in [1.807, 2.05) is 19.1 Å². The highest BCUT2D eigenvalue weighted by atomic mass is 16.3.